The van der Waals surface area contributed by atoms with Gasteiger partial charge < -0.3 is 5.32 Å². The zero-order chi connectivity index (χ0) is 14.8. The van der Waals surface area contributed by atoms with Crippen molar-refractivity contribution in [2.75, 3.05) is 6.54 Å². The molecule has 1 unspecified atom stereocenters. The molecule has 1 aliphatic carbocycles. The first-order chi connectivity index (χ1) is 10.2. The van der Waals surface area contributed by atoms with E-state index < -0.39 is 0 Å². The highest BCUT2D eigenvalue weighted by molar-refractivity contribution is 9.10. The number of thiazole rings is 1. The van der Waals surface area contributed by atoms with E-state index in [1.165, 1.54) is 29.5 Å². The molecule has 1 aliphatic rings. The Kier molecular flexibility index (Phi) is 4.72. The molecule has 0 radical (unpaired) electrons. The van der Waals surface area contributed by atoms with Gasteiger partial charge in [0.25, 0.3) is 0 Å². The van der Waals surface area contributed by atoms with Gasteiger partial charge in [0, 0.05) is 14.9 Å². The van der Waals surface area contributed by atoms with Crippen LogP contribution >= 0.6 is 27.3 Å². The molecule has 112 valence electrons. The lowest BCUT2D eigenvalue weighted by molar-refractivity contribution is 0.555. The van der Waals surface area contributed by atoms with Gasteiger partial charge in [-0.05, 0) is 44.4 Å². The van der Waals surface area contributed by atoms with Crippen LogP contribution in [-0.4, -0.2) is 11.5 Å². The number of benzene rings is 1. The van der Waals surface area contributed by atoms with E-state index in [-0.39, 0.29) is 11.9 Å². The van der Waals surface area contributed by atoms with Gasteiger partial charge in [-0.1, -0.05) is 28.9 Å². The number of hydrogen-bond acceptors (Lipinski definition) is 3. The Bertz CT molecular complexity index is 618. The van der Waals surface area contributed by atoms with Crippen LogP contribution in [0.1, 0.15) is 46.9 Å². The summed E-state index contributed by atoms with van der Waals surface area (Å²) in [4.78, 5) is 6.17. The van der Waals surface area contributed by atoms with E-state index in [0.29, 0.717) is 5.56 Å². The lowest BCUT2D eigenvalue weighted by Gasteiger charge is -2.16. The van der Waals surface area contributed by atoms with Crippen molar-refractivity contribution in [2.45, 2.75) is 38.6 Å². The predicted octanol–water partition coefficient (Wildman–Crippen LogP) is 4.62. The Balaban J connectivity index is 1.99. The number of rotatable bonds is 4. The van der Waals surface area contributed by atoms with E-state index in [1.807, 2.05) is 19.1 Å². The number of aromatic nitrogens is 1. The Labute approximate surface area is 136 Å². The van der Waals surface area contributed by atoms with Crippen LogP contribution in [0.5, 0.6) is 0 Å². The molecule has 5 heteroatoms. The molecule has 21 heavy (non-hydrogen) atoms. The first-order valence-corrected chi connectivity index (χ1v) is 8.96. The molecule has 0 saturated carbocycles. The summed E-state index contributed by atoms with van der Waals surface area (Å²) in [5.41, 5.74) is 1.90. The smallest absolute Gasteiger partial charge is 0.129 e. The maximum atomic E-state index is 14.3. The number of hydrogen-bond donors (Lipinski definition) is 1. The van der Waals surface area contributed by atoms with Crippen molar-refractivity contribution in [3.05, 3.63) is 49.6 Å². The van der Waals surface area contributed by atoms with Gasteiger partial charge in [-0.2, -0.15) is 0 Å². The van der Waals surface area contributed by atoms with Crippen LogP contribution in [0.4, 0.5) is 4.39 Å². The highest BCUT2D eigenvalue weighted by Gasteiger charge is 2.23. The molecule has 2 aromatic rings. The average molecular weight is 369 g/mol. The highest BCUT2D eigenvalue weighted by Crippen LogP contribution is 2.33. The van der Waals surface area contributed by atoms with Crippen molar-refractivity contribution in [1.82, 2.24) is 10.3 Å². The fourth-order valence-electron chi connectivity index (χ4n) is 2.77. The van der Waals surface area contributed by atoms with Crippen molar-refractivity contribution >= 4 is 27.3 Å². The fourth-order valence-corrected chi connectivity index (χ4v) is 4.35. The van der Waals surface area contributed by atoms with Crippen molar-refractivity contribution in [3.8, 4) is 0 Å². The molecule has 0 amide bonds. The molecule has 1 N–H and O–H groups in total. The summed E-state index contributed by atoms with van der Waals surface area (Å²) < 4.78 is 15.1. The third kappa shape index (κ3) is 3.20. The Hall–Kier alpha value is -0.780. The minimum absolute atomic E-state index is 0.154. The number of nitrogens with one attached hydrogen (secondary N) is 1. The first-order valence-electron chi connectivity index (χ1n) is 7.36. The normalized spacial score (nSPS) is 15.8. The molecule has 1 aromatic carbocycles. The van der Waals surface area contributed by atoms with Gasteiger partial charge in [-0.3, -0.25) is 0 Å². The first kappa shape index (κ1) is 15.1. The summed E-state index contributed by atoms with van der Waals surface area (Å²) in [5.74, 6) is -0.191. The third-order valence-corrected chi connectivity index (χ3v) is 5.51. The monoisotopic (exact) mass is 368 g/mol. The highest BCUT2D eigenvalue weighted by atomic mass is 79.9. The van der Waals surface area contributed by atoms with Crippen LogP contribution in [-0.2, 0) is 12.8 Å². The maximum absolute atomic E-state index is 14.3. The zero-order valence-corrected chi connectivity index (χ0v) is 14.4. The Morgan fingerprint density at radius 2 is 2.19 bits per heavy atom. The minimum atomic E-state index is -0.191. The van der Waals surface area contributed by atoms with Gasteiger partial charge in [0.15, 0.2) is 0 Å². The van der Waals surface area contributed by atoms with Gasteiger partial charge in [0.05, 0.1) is 11.7 Å². The SMILES string of the molecule is CCNC(c1nc2c(s1)CCCC2)c1ccc(Br)cc1F. The van der Waals surface area contributed by atoms with Gasteiger partial charge in [0.2, 0.25) is 0 Å². The molecule has 2 nitrogen and oxygen atoms in total. The second-order valence-electron chi connectivity index (χ2n) is 5.29. The quantitative estimate of drug-likeness (QED) is 0.851. The summed E-state index contributed by atoms with van der Waals surface area (Å²) >= 11 is 5.05. The lowest BCUT2D eigenvalue weighted by atomic mass is 10.0. The molecule has 0 aliphatic heterocycles. The summed E-state index contributed by atoms with van der Waals surface area (Å²) in [6, 6.07) is 5.09. The van der Waals surface area contributed by atoms with Crippen LogP contribution in [0.15, 0.2) is 22.7 Å². The van der Waals surface area contributed by atoms with Gasteiger partial charge in [-0.15, -0.1) is 11.3 Å². The second kappa shape index (κ2) is 6.55. The number of nitrogens with zero attached hydrogens (tertiary/aromatic N) is 1. The Morgan fingerprint density at radius 1 is 1.38 bits per heavy atom. The fraction of sp³-hybridized carbons (Fsp3) is 0.438. The molecule has 0 bridgehead atoms. The number of fused-ring (bicyclic) bond motifs is 1. The molecular weight excluding hydrogens is 351 g/mol. The molecule has 0 fully saturated rings. The largest absolute Gasteiger partial charge is 0.304 e. The maximum Gasteiger partial charge on any atom is 0.129 e. The van der Waals surface area contributed by atoms with Gasteiger partial charge >= 0.3 is 0 Å². The third-order valence-electron chi connectivity index (χ3n) is 3.79. The van der Waals surface area contributed by atoms with Crippen LogP contribution in [0.3, 0.4) is 0 Å². The topological polar surface area (TPSA) is 24.9 Å². The van der Waals surface area contributed by atoms with Crippen molar-refractivity contribution in [3.63, 3.8) is 0 Å². The average Bonchev–Trinajstić information content (AvgIpc) is 2.89. The molecule has 0 spiro atoms. The molecule has 1 aromatic heterocycles. The molecular formula is C16H18BrFN2S. The van der Waals surface area contributed by atoms with Crippen molar-refractivity contribution < 1.29 is 4.39 Å². The Morgan fingerprint density at radius 3 is 2.90 bits per heavy atom. The minimum Gasteiger partial charge on any atom is -0.304 e. The number of halogens is 2. The van der Waals surface area contributed by atoms with Crippen LogP contribution < -0.4 is 5.32 Å². The summed E-state index contributed by atoms with van der Waals surface area (Å²) in [6.07, 6.45) is 4.64. The molecule has 0 saturated heterocycles. The molecule has 3 rings (SSSR count). The van der Waals surface area contributed by atoms with E-state index in [2.05, 4.69) is 21.2 Å². The summed E-state index contributed by atoms with van der Waals surface area (Å²) in [5, 5.41) is 4.37. The van der Waals surface area contributed by atoms with E-state index in [1.54, 1.807) is 11.3 Å². The van der Waals surface area contributed by atoms with E-state index >= 15 is 0 Å². The predicted molar refractivity (Wildman–Crippen MR) is 88.4 cm³/mol. The van der Waals surface area contributed by atoms with Crippen LogP contribution in [0.2, 0.25) is 0 Å². The lowest BCUT2D eigenvalue weighted by Crippen LogP contribution is -2.23. The van der Waals surface area contributed by atoms with E-state index in [0.717, 1.165) is 28.9 Å². The van der Waals surface area contributed by atoms with Crippen molar-refractivity contribution in [2.24, 2.45) is 0 Å². The van der Waals surface area contributed by atoms with Gasteiger partial charge in [-0.25, -0.2) is 9.37 Å². The summed E-state index contributed by atoms with van der Waals surface area (Å²) in [6.45, 7) is 2.82. The summed E-state index contributed by atoms with van der Waals surface area (Å²) in [7, 11) is 0. The van der Waals surface area contributed by atoms with E-state index in [9.17, 15) is 4.39 Å². The van der Waals surface area contributed by atoms with E-state index in [4.69, 9.17) is 4.98 Å². The molecule has 1 heterocycles. The standard InChI is InChI=1S/C16H18BrFN2S/c1-2-19-15(11-8-7-10(17)9-12(11)18)16-20-13-5-3-4-6-14(13)21-16/h7-9,15,19H,2-6H2,1H3. The second-order valence-corrected chi connectivity index (χ2v) is 7.32. The number of aryl methyl sites for hydroxylation is 2. The van der Waals surface area contributed by atoms with Crippen LogP contribution in [0, 0.1) is 5.82 Å². The molecule has 1 atom stereocenters. The van der Waals surface area contributed by atoms with Crippen LogP contribution in [0.25, 0.3) is 0 Å². The zero-order valence-electron chi connectivity index (χ0n) is 12.0. The van der Waals surface area contributed by atoms with Crippen molar-refractivity contribution in [1.29, 1.82) is 0 Å². The van der Waals surface area contributed by atoms with Gasteiger partial charge in [0.1, 0.15) is 10.8 Å².